The molecule has 2 aromatic rings. The molecular weight excluding hydrogens is 748 g/mol. The van der Waals surface area contributed by atoms with Crippen molar-refractivity contribution in [2.24, 2.45) is 11.7 Å². The zero-order chi connectivity index (χ0) is 41.7. The number of nitro groups is 1. The van der Waals surface area contributed by atoms with Crippen LogP contribution in [0.1, 0.15) is 64.5 Å². The van der Waals surface area contributed by atoms with Gasteiger partial charge in [-0.15, -0.1) is 0 Å². The van der Waals surface area contributed by atoms with Crippen LogP contribution in [0.15, 0.2) is 93.6 Å². The molecule has 2 heterocycles. The number of carbonyl (C=O) groups is 4. The standard InChI is InChI=1S/C20H25ClN2O5.C20H24N2O6/c1-4-28-20(25)18-15(11-27-10-9-22)23-12(2)16(19(24)26-3)17(18)13-7-5-6-8-14(13)21;1-11(2)10-28-20(24)17-13(4)21-12(3)16(19(23)27-5)18(17)14-8-6-7-9-15(14)22(25)26/h5-8,17,23H,4,9-11,22H2,1-3H3;6-9,11,18,21H,10H2,1-5H3. The van der Waals surface area contributed by atoms with Crippen molar-refractivity contribution in [1.29, 1.82) is 0 Å². The lowest BCUT2D eigenvalue weighted by Crippen LogP contribution is -2.35. The van der Waals surface area contributed by atoms with Crippen LogP contribution in [0.5, 0.6) is 0 Å². The van der Waals surface area contributed by atoms with Gasteiger partial charge in [0, 0.05) is 40.3 Å². The molecule has 0 aromatic heterocycles. The van der Waals surface area contributed by atoms with Gasteiger partial charge in [-0.1, -0.05) is 61.8 Å². The summed E-state index contributed by atoms with van der Waals surface area (Å²) in [5, 5.41) is 18.1. The van der Waals surface area contributed by atoms with Crippen LogP contribution in [0.2, 0.25) is 5.02 Å². The van der Waals surface area contributed by atoms with Crippen molar-refractivity contribution in [1.82, 2.24) is 10.6 Å². The molecule has 15 nitrogen and oxygen atoms in total. The maximum Gasteiger partial charge on any atom is 0.336 e. The van der Waals surface area contributed by atoms with Gasteiger partial charge in [0.2, 0.25) is 0 Å². The van der Waals surface area contributed by atoms with Crippen LogP contribution in [-0.2, 0) is 42.9 Å². The second-order valence-corrected chi connectivity index (χ2v) is 13.4. The maximum atomic E-state index is 12.9. The molecule has 2 aliphatic heterocycles. The summed E-state index contributed by atoms with van der Waals surface area (Å²) < 4.78 is 26.1. The van der Waals surface area contributed by atoms with Gasteiger partial charge in [-0.2, -0.15) is 0 Å². The number of halogens is 1. The summed E-state index contributed by atoms with van der Waals surface area (Å²) in [5.74, 6) is -4.03. The fraction of sp³-hybridized carbons (Fsp3) is 0.400. The number of nitrogens with two attached hydrogens (primary N) is 1. The lowest BCUT2D eigenvalue weighted by atomic mass is 9.79. The van der Waals surface area contributed by atoms with Crippen molar-refractivity contribution in [3.63, 3.8) is 0 Å². The first-order valence-corrected chi connectivity index (χ1v) is 18.2. The zero-order valence-corrected chi connectivity index (χ0v) is 33.5. The Kier molecular flexibility index (Phi) is 16.8. The number of carbonyl (C=O) groups excluding carboxylic acids is 4. The number of dihydropyridines is 2. The highest BCUT2D eigenvalue weighted by Gasteiger charge is 2.41. The van der Waals surface area contributed by atoms with Gasteiger partial charge in [0.25, 0.3) is 5.69 Å². The van der Waals surface area contributed by atoms with E-state index in [1.165, 1.54) is 32.4 Å². The minimum atomic E-state index is -0.977. The fourth-order valence-corrected chi connectivity index (χ4v) is 6.54. The number of methoxy groups -OCH3 is 2. The topological polar surface area (TPSA) is 208 Å². The quantitative estimate of drug-likeness (QED) is 0.0713. The maximum absolute atomic E-state index is 12.9. The Hall–Kier alpha value is -5.51. The van der Waals surface area contributed by atoms with Gasteiger partial charge in [-0.3, -0.25) is 10.1 Å². The molecule has 302 valence electrons. The molecule has 0 aliphatic carbocycles. The summed E-state index contributed by atoms with van der Waals surface area (Å²) in [5.41, 5.74) is 8.97. The minimum Gasteiger partial charge on any atom is -0.466 e. The van der Waals surface area contributed by atoms with Crippen molar-refractivity contribution in [3.8, 4) is 0 Å². The molecule has 0 amide bonds. The Morgan fingerprint density at radius 2 is 1.29 bits per heavy atom. The summed E-state index contributed by atoms with van der Waals surface area (Å²) in [6.45, 7) is 11.7. The Balaban J connectivity index is 0.000000300. The van der Waals surface area contributed by atoms with E-state index in [0.29, 0.717) is 52.1 Å². The SMILES string of the molecule is CCOC(=O)C1=C(COCCN)NC(C)=C(C(=O)OC)C1c1ccccc1Cl.COC(=O)C1=C(C)NC(C)=C(C(=O)OCC(C)C)C1c1ccccc1[N+](=O)[O-]. The van der Waals surface area contributed by atoms with E-state index in [9.17, 15) is 29.3 Å². The van der Waals surface area contributed by atoms with Crippen LogP contribution in [0.4, 0.5) is 5.69 Å². The van der Waals surface area contributed by atoms with Crippen molar-refractivity contribution in [2.75, 3.05) is 47.2 Å². The molecular formula is C40H49ClN4O11. The number of nitrogens with one attached hydrogen (secondary N) is 2. The molecule has 4 N–H and O–H groups in total. The number of allylic oxidation sites excluding steroid dienone is 3. The van der Waals surface area contributed by atoms with Crippen LogP contribution in [0, 0.1) is 16.0 Å². The average molecular weight is 797 g/mol. The lowest BCUT2D eigenvalue weighted by Gasteiger charge is -2.31. The van der Waals surface area contributed by atoms with E-state index in [0.717, 1.165) is 0 Å². The van der Waals surface area contributed by atoms with Gasteiger partial charge in [0.15, 0.2) is 0 Å². The van der Waals surface area contributed by atoms with Gasteiger partial charge in [0.1, 0.15) is 0 Å². The van der Waals surface area contributed by atoms with Gasteiger partial charge in [-0.25, -0.2) is 19.2 Å². The number of ether oxygens (including phenoxy) is 5. The second kappa shape index (κ2) is 21.0. The number of benzene rings is 2. The number of rotatable bonds is 14. The normalized spacial score (nSPS) is 16.7. The van der Waals surface area contributed by atoms with E-state index >= 15 is 0 Å². The predicted molar refractivity (Wildman–Crippen MR) is 208 cm³/mol. The van der Waals surface area contributed by atoms with E-state index in [2.05, 4.69) is 10.6 Å². The monoisotopic (exact) mass is 796 g/mol. The molecule has 0 bridgehead atoms. The Bertz CT molecular complexity index is 1950. The number of nitro benzene ring substituents is 1. The first-order chi connectivity index (χ1) is 26.6. The van der Waals surface area contributed by atoms with E-state index in [-0.39, 0.29) is 53.7 Å². The van der Waals surface area contributed by atoms with Crippen molar-refractivity contribution in [3.05, 3.63) is 120 Å². The first kappa shape index (κ1) is 44.9. The molecule has 0 saturated carbocycles. The van der Waals surface area contributed by atoms with Gasteiger partial charge in [0.05, 0.1) is 85.4 Å². The molecule has 2 aromatic carbocycles. The number of para-hydroxylation sites is 1. The molecule has 2 aliphatic rings. The smallest absolute Gasteiger partial charge is 0.336 e. The number of nitrogens with zero attached hydrogens (tertiary/aromatic N) is 1. The highest BCUT2D eigenvalue weighted by molar-refractivity contribution is 6.31. The zero-order valence-electron chi connectivity index (χ0n) is 32.8. The molecule has 0 radical (unpaired) electrons. The third-order valence-electron chi connectivity index (χ3n) is 8.65. The number of hydrogen-bond acceptors (Lipinski definition) is 14. The average Bonchev–Trinajstić information content (AvgIpc) is 3.16. The van der Waals surface area contributed by atoms with Crippen molar-refractivity contribution in [2.45, 2.75) is 53.4 Å². The summed E-state index contributed by atoms with van der Waals surface area (Å²) in [4.78, 5) is 61.9. The number of esters is 4. The summed E-state index contributed by atoms with van der Waals surface area (Å²) in [7, 11) is 2.51. The molecule has 16 heteroatoms. The van der Waals surface area contributed by atoms with Crippen LogP contribution in [-0.4, -0.2) is 76.0 Å². The van der Waals surface area contributed by atoms with Crippen LogP contribution in [0.25, 0.3) is 0 Å². The molecule has 0 spiro atoms. The van der Waals surface area contributed by atoms with Crippen LogP contribution < -0.4 is 16.4 Å². The second-order valence-electron chi connectivity index (χ2n) is 13.0. The Labute approximate surface area is 331 Å². The third-order valence-corrected chi connectivity index (χ3v) is 8.99. The Morgan fingerprint density at radius 1 is 0.786 bits per heavy atom. The van der Waals surface area contributed by atoms with E-state index in [1.807, 2.05) is 13.8 Å². The molecule has 2 unspecified atom stereocenters. The fourth-order valence-electron chi connectivity index (χ4n) is 6.29. The van der Waals surface area contributed by atoms with E-state index in [4.69, 9.17) is 41.0 Å². The highest BCUT2D eigenvalue weighted by atomic mass is 35.5. The Morgan fingerprint density at radius 3 is 1.80 bits per heavy atom. The molecule has 4 rings (SSSR count). The van der Waals surface area contributed by atoms with Crippen molar-refractivity contribution < 1.29 is 47.8 Å². The summed E-state index contributed by atoms with van der Waals surface area (Å²) in [6.07, 6.45) is 0. The summed E-state index contributed by atoms with van der Waals surface area (Å²) in [6, 6.07) is 13.1. The predicted octanol–water partition coefficient (Wildman–Crippen LogP) is 5.47. The third kappa shape index (κ3) is 10.6. The van der Waals surface area contributed by atoms with Crippen LogP contribution >= 0.6 is 11.6 Å². The van der Waals surface area contributed by atoms with E-state index in [1.54, 1.807) is 58.0 Å². The highest BCUT2D eigenvalue weighted by Crippen LogP contribution is 2.43. The lowest BCUT2D eigenvalue weighted by molar-refractivity contribution is -0.385. The minimum absolute atomic E-state index is 0.109. The summed E-state index contributed by atoms with van der Waals surface area (Å²) >= 11 is 6.42. The molecule has 0 saturated heterocycles. The molecule has 2 atom stereocenters. The van der Waals surface area contributed by atoms with Gasteiger partial charge >= 0.3 is 23.9 Å². The van der Waals surface area contributed by atoms with Gasteiger partial charge in [-0.05, 0) is 45.2 Å². The van der Waals surface area contributed by atoms with Gasteiger partial charge < -0.3 is 40.1 Å². The molecule has 56 heavy (non-hydrogen) atoms. The largest absolute Gasteiger partial charge is 0.466 e. The molecule has 0 fully saturated rings. The number of hydrogen-bond donors (Lipinski definition) is 3. The van der Waals surface area contributed by atoms with Crippen LogP contribution in [0.3, 0.4) is 0 Å². The first-order valence-electron chi connectivity index (χ1n) is 17.8. The van der Waals surface area contributed by atoms with E-state index < -0.39 is 40.6 Å². The van der Waals surface area contributed by atoms with Crippen molar-refractivity contribution >= 4 is 41.2 Å².